The molecule has 0 rings (SSSR count). The Balaban J connectivity index is -0.000000244. The minimum Gasteiger partial charge on any atom is -0.402 e. The molecule has 20 heavy (non-hydrogen) atoms. The molecule has 0 saturated carbocycles. The zero-order valence-corrected chi connectivity index (χ0v) is 12.7. The maximum absolute atomic E-state index is 8.26. The van der Waals surface area contributed by atoms with E-state index in [4.69, 9.17) is 34.5 Å². The topological polar surface area (TPSA) is 118 Å². The van der Waals surface area contributed by atoms with Crippen molar-refractivity contribution in [1.29, 1.82) is 0 Å². The van der Waals surface area contributed by atoms with Crippen molar-refractivity contribution in [2.75, 3.05) is 60.0 Å². The van der Waals surface area contributed by atoms with Gasteiger partial charge in [0.2, 0.25) is 0 Å². The first kappa shape index (κ1) is 24.7. The summed E-state index contributed by atoms with van der Waals surface area (Å²) >= 11 is 0. The molecule has 0 atom stereocenters. The monoisotopic (exact) mass is 300 g/mol. The molecule has 0 bridgehead atoms. The number of aliphatic hydroxyl groups is 2. The third-order valence-electron chi connectivity index (χ3n) is 1.46. The molecule has 0 heterocycles. The van der Waals surface area contributed by atoms with Gasteiger partial charge in [0, 0.05) is 20.3 Å². The minimum absolute atomic E-state index is 0.0417. The Morgan fingerprint density at radius 3 is 1.25 bits per heavy atom. The normalized spacial score (nSPS) is 9.15. The summed E-state index contributed by atoms with van der Waals surface area (Å²) in [6.07, 6.45) is 0. The van der Waals surface area contributed by atoms with Crippen LogP contribution in [0, 0.1) is 0 Å². The first-order valence-electron chi connectivity index (χ1n) is 6.44. The molecule has 124 valence electrons. The first-order valence-corrected chi connectivity index (χ1v) is 6.44. The van der Waals surface area contributed by atoms with Crippen LogP contribution >= 0.6 is 0 Å². The molecule has 0 unspecified atom stereocenters. The molecule has 0 aliphatic heterocycles. The second-order valence-electron chi connectivity index (χ2n) is 3.02. The molecule has 0 aliphatic rings. The van der Waals surface area contributed by atoms with E-state index in [0.717, 1.165) is 13.2 Å². The van der Waals surface area contributed by atoms with Crippen LogP contribution in [0.3, 0.4) is 0 Å². The lowest BCUT2D eigenvalue weighted by atomic mass is 10.3. The molecule has 0 aromatic heterocycles. The Bertz CT molecular complexity index is 130. The second kappa shape index (κ2) is 27.1. The summed E-state index contributed by atoms with van der Waals surface area (Å²) in [7, 11) is -0.417. The first-order chi connectivity index (χ1) is 9.60. The van der Waals surface area contributed by atoms with Crippen molar-refractivity contribution >= 4 is 7.32 Å². The summed E-state index contributed by atoms with van der Waals surface area (Å²) in [6, 6.07) is 0. The zero-order chi connectivity index (χ0) is 16.1. The zero-order valence-electron chi connectivity index (χ0n) is 12.7. The molecule has 0 aromatic rings. The fourth-order valence-corrected chi connectivity index (χ4v) is 0.655. The molecule has 4 N–H and O–H groups in total. The Labute approximate surface area is 121 Å². The van der Waals surface area contributed by atoms with Crippen LogP contribution in [0.15, 0.2) is 0 Å². The summed E-state index contributed by atoms with van der Waals surface area (Å²) in [5.41, 5.74) is 0. The van der Waals surface area contributed by atoms with Gasteiger partial charge < -0.3 is 39.1 Å². The summed E-state index contributed by atoms with van der Waals surface area (Å²) in [5, 5.41) is 31.9. The van der Waals surface area contributed by atoms with Crippen LogP contribution in [0.2, 0.25) is 0 Å². The number of aliphatic hydroxyl groups excluding tert-OH is 2. The van der Waals surface area contributed by atoms with Crippen molar-refractivity contribution in [2.45, 2.75) is 13.8 Å². The van der Waals surface area contributed by atoms with Crippen molar-refractivity contribution < 1.29 is 39.1 Å². The van der Waals surface area contributed by atoms with Gasteiger partial charge in [0.1, 0.15) is 0 Å². The van der Waals surface area contributed by atoms with E-state index < -0.39 is 7.32 Å². The van der Waals surface area contributed by atoms with Gasteiger partial charge in [-0.1, -0.05) is 0 Å². The largest absolute Gasteiger partial charge is 0.633 e. The van der Waals surface area contributed by atoms with Crippen LogP contribution < -0.4 is 0 Å². The van der Waals surface area contributed by atoms with Crippen LogP contribution in [0.5, 0.6) is 0 Å². The van der Waals surface area contributed by atoms with E-state index in [1.54, 1.807) is 0 Å². The Morgan fingerprint density at radius 1 is 0.750 bits per heavy atom. The van der Waals surface area contributed by atoms with E-state index in [-0.39, 0.29) is 13.2 Å². The van der Waals surface area contributed by atoms with Crippen molar-refractivity contribution in [1.82, 2.24) is 0 Å². The van der Waals surface area contributed by atoms with Gasteiger partial charge in [0.05, 0.1) is 39.6 Å². The fraction of sp³-hybridized carbons (Fsp3) is 1.00. The molecule has 9 heteroatoms. The molecule has 0 amide bonds. The Kier molecular flexibility index (Phi) is 33.6. The standard InChI is InChI=1S/C6H14O4.C4H10O.CH5BO3/c7-1-3-9-5-6-10-4-2-8;1-3-5-4-2;1-5-2(3)4/h7-8H,1-6H2;3-4H2,1-2H3;3-4H,1H3. The third kappa shape index (κ3) is 43.1. The van der Waals surface area contributed by atoms with E-state index in [1.807, 2.05) is 13.8 Å². The lowest BCUT2D eigenvalue weighted by molar-refractivity contribution is 0.0222. The summed E-state index contributed by atoms with van der Waals surface area (Å²) in [5.74, 6) is 0. The van der Waals surface area contributed by atoms with Gasteiger partial charge in [-0.3, -0.25) is 0 Å². The van der Waals surface area contributed by atoms with Crippen molar-refractivity contribution in [3.05, 3.63) is 0 Å². The summed E-state index contributed by atoms with van der Waals surface area (Å²) < 4.78 is 18.4. The lowest BCUT2D eigenvalue weighted by Gasteiger charge is -2.01. The maximum Gasteiger partial charge on any atom is 0.633 e. The highest BCUT2D eigenvalue weighted by atomic mass is 16.6. The number of hydrogen-bond acceptors (Lipinski definition) is 8. The lowest BCUT2D eigenvalue weighted by Crippen LogP contribution is -2.12. The van der Waals surface area contributed by atoms with E-state index >= 15 is 0 Å². The van der Waals surface area contributed by atoms with E-state index in [0.29, 0.717) is 26.4 Å². The van der Waals surface area contributed by atoms with Crippen LogP contribution in [-0.2, 0) is 18.9 Å². The van der Waals surface area contributed by atoms with Crippen LogP contribution in [0.25, 0.3) is 0 Å². The Morgan fingerprint density at radius 2 is 1.10 bits per heavy atom. The number of hydrogen-bond donors (Lipinski definition) is 4. The maximum atomic E-state index is 8.26. The molecule has 0 spiro atoms. The molecule has 0 fully saturated rings. The van der Waals surface area contributed by atoms with Gasteiger partial charge in [-0.15, -0.1) is 0 Å². The van der Waals surface area contributed by atoms with Crippen LogP contribution in [0.4, 0.5) is 0 Å². The minimum atomic E-state index is -1.62. The van der Waals surface area contributed by atoms with E-state index in [2.05, 4.69) is 4.65 Å². The summed E-state index contributed by atoms with van der Waals surface area (Å²) in [4.78, 5) is 0. The SMILES string of the molecule is CCOCC.COB(O)O.OCCOCCOCCO. The highest BCUT2D eigenvalue weighted by Crippen LogP contribution is 1.76. The van der Waals surface area contributed by atoms with E-state index in [1.165, 1.54) is 7.11 Å². The van der Waals surface area contributed by atoms with Gasteiger partial charge in [-0.2, -0.15) is 0 Å². The van der Waals surface area contributed by atoms with Crippen LogP contribution in [-0.4, -0.2) is 87.5 Å². The molecule has 0 aromatic carbocycles. The highest BCUT2D eigenvalue weighted by Gasteiger charge is 2.00. The molecular weight excluding hydrogens is 271 g/mol. The third-order valence-corrected chi connectivity index (χ3v) is 1.46. The van der Waals surface area contributed by atoms with Crippen molar-refractivity contribution in [2.24, 2.45) is 0 Å². The van der Waals surface area contributed by atoms with Gasteiger partial charge in [0.25, 0.3) is 0 Å². The predicted molar refractivity (Wildman–Crippen MR) is 75.2 cm³/mol. The highest BCUT2D eigenvalue weighted by molar-refractivity contribution is 6.32. The predicted octanol–water partition coefficient (Wildman–Crippen LogP) is -1.35. The molecule has 0 saturated heterocycles. The number of rotatable bonds is 10. The molecule has 0 radical (unpaired) electrons. The molecule has 8 nitrogen and oxygen atoms in total. The van der Waals surface area contributed by atoms with Crippen molar-refractivity contribution in [3.8, 4) is 0 Å². The molecule has 0 aliphatic carbocycles. The fourth-order valence-electron chi connectivity index (χ4n) is 0.655. The average molecular weight is 300 g/mol. The van der Waals surface area contributed by atoms with Gasteiger partial charge in [-0.25, -0.2) is 0 Å². The van der Waals surface area contributed by atoms with Crippen molar-refractivity contribution in [3.63, 3.8) is 0 Å². The summed E-state index contributed by atoms with van der Waals surface area (Å²) in [6.45, 7) is 7.39. The molecular formula is C11H29BO8. The van der Waals surface area contributed by atoms with Gasteiger partial charge >= 0.3 is 7.32 Å². The Hall–Kier alpha value is -0.255. The van der Waals surface area contributed by atoms with Gasteiger partial charge in [-0.05, 0) is 13.8 Å². The number of ether oxygens (including phenoxy) is 3. The van der Waals surface area contributed by atoms with Gasteiger partial charge in [0.15, 0.2) is 0 Å². The second-order valence-corrected chi connectivity index (χ2v) is 3.02. The van der Waals surface area contributed by atoms with Crippen LogP contribution in [0.1, 0.15) is 13.8 Å². The van der Waals surface area contributed by atoms with E-state index in [9.17, 15) is 0 Å². The quantitative estimate of drug-likeness (QED) is 0.289. The smallest absolute Gasteiger partial charge is 0.402 e. The average Bonchev–Trinajstić information content (AvgIpc) is 2.45.